The molecular formula is C27H27P. The van der Waals surface area contributed by atoms with Crippen molar-refractivity contribution in [3.63, 3.8) is 0 Å². The number of hydrogen-bond acceptors (Lipinski definition) is 0. The molecule has 0 atom stereocenters. The van der Waals surface area contributed by atoms with E-state index in [9.17, 15) is 0 Å². The first-order valence-corrected chi connectivity index (χ1v) is 11.9. The normalized spacial score (nSPS) is 12.0. The van der Waals surface area contributed by atoms with Crippen LogP contribution >= 0.6 is 7.26 Å². The molecule has 4 aromatic carbocycles. The van der Waals surface area contributed by atoms with Gasteiger partial charge in [-0.1, -0.05) is 0 Å². The van der Waals surface area contributed by atoms with Gasteiger partial charge >= 0.3 is 169 Å². The van der Waals surface area contributed by atoms with E-state index in [-0.39, 0.29) is 0 Å². The van der Waals surface area contributed by atoms with E-state index in [4.69, 9.17) is 0 Å². The van der Waals surface area contributed by atoms with Crippen molar-refractivity contribution in [3.05, 3.63) is 120 Å². The Hall–Kier alpha value is -2.69. The molecule has 0 aliphatic rings. The summed E-state index contributed by atoms with van der Waals surface area (Å²) in [5.74, 6) is 0. The Morgan fingerprint density at radius 1 is 0.357 bits per heavy atom. The van der Waals surface area contributed by atoms with Gasteiger partial charge in [0.1, 0.15) is 0 Å². The van der Waals surface area contributed by atoms with Crippen LogP contribution in [0.3, 0.4) is 0 Å². The number of benzene rings is 4. The SMILES string of the molecule is Cc1ccc([PH](c2ccccc2)(c2ccc(C)cc2)c2ccc(C)cc2)cc1. The zero-order valence-electron chi connectivity index (χ0n) is 16.8. The maximum absolute atomic E-state index is 2.37. The molecule has 0 aliphatic carbocycles. The third-order valence-electron chi connectivity index (χ3n) is 5.66. The van der Waals surface area contributed by atoms with Crippen LogP contribution < -0.4 is 21.2 Å². The van der Waals surface area contributed by atoms with Gasteiger partial charge in [0.2, 0.25) is 0 Å². The van der Waals surface area contributed by atoms with Crippen LogP contribution in [0.15, 0.2) is 103 Å². The topological polar surface area (TPSA) is 0 Å². The number of aryl methyl sites for hydroxylation is 3. The van der Waals surface area contributed by atoms with Crippen LogP contribution in [0, 0.1) is 20.8 Å². The zero-order chi connectivity index (χ0) is 19.6. The van der Waals surface area contributed by atoms with E-state index >= 15 is 0 Å². The van der Waals surface area contributed by atoms with Gasteiger partial charge in [0, 0.05) is 0 Å². The van der Waals surface area contributed by atoms with Crippen LogP contribution in [0.1, 0.15) is 16.7 Å². The van der Waals surface area contributed by atoms with Crippen molar-refractivity contribution in [1.82, 2.24) is 0 Å². The van der Waals surface area contributed by atoms with Crippen LogP contribution in [-0.4, -0.2) is 0 Å². The first-order valence-electron chi connectivity index (χ1n) is 9.87. The molecule has 0 spiro atoms. The Balaban J connectivity index is 2.11. The second kappa shape index (κ2) is 7.74. The van der Waals surface area contributed by atoms with E-state index in [0.717, 1.165) is 0 Å². The Morgan fingerprint density at radius 3 is 0.964 bits per heavy atom. The van der Waals surface area contributed by atoms with E-state index in [1.807, 2.05) is 0 Å². The summed E-state index contributed by atoms with van der Waals surface area (Å²) in [4.78, 5) is 0. The minimum atomic E-state index is -2.37. The van der Waals surface area contributed by atoms with Crippen molar-refractivity contribution in [2.75, 3.05) is 0 Å². The van der Waals surface area contributed by atoms with E-state index in [1.54, 1.807) is 0 Å². The van der Waals surface area contributed by atoms with Crippen LogP contribution in [0.25, 0.3) is 0 Å². The molecular weight excluding hydrogens is 355 g/mol. The van der Waals surface area contributed by atoms with Crippen molar-refractivity contribution in [3.8, 4) is 0 Å². The van der Waals surface area contributed by atoms with Crippen LogP contribution in [0.4, 0.5) is 0 Å². The number of rotatable bonds is 4. The predicted octanol–water partition coefficient (Wildman–Crippen LogP) is 4.96. The van der Waals surface area contributed by atoms with Gasteiger partial charge in [-0.3, -0.25) is 0 Å². The molecule has 0 aromatic heterocycles. The fraction of sp³-hybridized carbons (Fsp3) is 0.111. The summed E-state index contributed by atoms with van der Waals surface area (Å²) >= 11 is 0. The van der Waals surface area contributed by atoms with E-state index in [0.29, 0.717) is 0 Å². The first kappa shape index (κ1) is 18.7. The Morgan fingerprint density at radius 2 is 0.643 bits per heavy atom. The molecule has 0 radical (unpaired) electrons. The molecule has 0 N–H and O–H groups in total. The van der Waals surface area contributed by atoms with Crippen molar-refractivity contribution < 1.29 is 0 Å². The van der Waals surface area contributed by atoms with Crippen molar-refractivity contribution in [1.29, 1.82) is 0 Å². The molecule has 0 unspecified atom stereocenters. The summed E-state index contributed by atoms with van der Waals surface area (Å²) in [5.41, 5.74) is 3.90. The van der Waals surface area contributed by atoms with E-state index in [2.05, 4.69) is 124 Å². The molecule has 0 saturated heterocycles. The second-order valence-corrected chi connectivity index (χ2v) is 11.5. The molecule has 0 saturated carbocycles. The fourth-order valence-electron chi connectivity index (χ4n) is 4.10. The van der Waals surface area contributed by atoms with Gasteiger partial charge < -0.3 is 0 Å². The summed E-state index contributed by atoms with van der Waals surface area (Å²) in [5, 5.41) is 5.71. The summed E-state index contributed by atoms with van der Waals surface area (Å²) in [6, 6.07) is 38.6. The fourth-order valence-corrected chi connectivity index (χ4v) is 8.79. The summed E-state index contributed by atoms with van der Waals surface area (Å²) in [6.07, 6.45) is 0. The third-order valence-corrected chi connectivity index (χ3v) is 10.5. The van der Waals surface area contributed by atoms with Crippen LogP contribution in [-0.2, 0) is 0 Å². The molecule has 0 heterocycles. The molecule has 140 valence electrons. The van der Waals surface area contributed by atoms with Crippen molar-refractivity contribution >= 4 is 28.5 Å². The van der Waals surface area contributed by atoms with Crippen LogP contribution in [0.5, 0.6) is 0 Å². The monoisotopic (exact) mass is 382 g/mol. The molecule has 4 rings (SSSR count). The second-order valence-electron chi connectivity index (χ2n) is 7.71. The van der Waals surface area contributed by atoms with Gasteiger partial charge in [-0.05, 0) is 0 Å². The van der Waals surface area contributed by atoms with Gasteiger partial charge in [0.05, 0.1) is 0 Å². The molecule has 0 fully saturated rings. The molecule has 0 aliphatic heterocycles. The molecule has 0 bridgehead atoms. The number of hydrogen-bond donors (Lipinski definition) is 0. The molecule has 0 nitrogen and oxygen atoms in total. The standard InChI is InChI=1S/C27H27P/c1-21-9-15-25(16-10-21)28(24-7-5-4-6-8-24,26-17-11-22(2)12-18-26)27-19-13-23(3)14-20-27/h4-20,28H,1-3H3. The first-order chi connectivity index (χ1) is 13.6. The average molecular weight is 382 g/mol. The third kappa shape index (κ3) is 3.30. The average Bonchev–Trinajstić information content (AvgIpc) is 2.73. The summed E-state index contributed by atoms with van der Waals surface area (Å²) in [6.45, 7) is 6.48. The van der Waals surface area contributed by atoms with Crippen LogP contribution in [0.2, 0.25) is 0 Å². The molecule has 0 amide bonds. The summed E-state index contributed by atoms with van der Waals surface area (Å²) < 4.78 is 0. The minimum absolute atomic E-state index is 1.30. The van der Waals surface area contributed by atoms with Gasteiger partial charge in [-0.15, -0.1) is 0 Å². The van der Waals surface area contributed by atoms with Crippen molar-refractivity contribution in [2.24, 2.45) is 0 Å². The van der Waals surface area contributed by atoms with Crippen molar-refractivity contribution in [2.45, 2.75) is 20.8 Å². The zero-order valence-corrected chi connectivity index (χ0v) is 17.8. The predicted molar refractivity (Wildman–Crippen MR) is 127 cm³/mol. The Labute approximate surface area is 169 Å². The summed E-state index contributed by atoms with van der Waals surface area (Å²) in [7, 11) is -2.37. The molecule has 1 heteroatoms. The quantitative estimate of drug-likeness (QED) is 0.438. The Bertz CT molecular complexity index is 933. The molecule has 28 heavy (non-hydrogen) atoms. The van der Waals surface area contributed by atoms with Gasteiger partial charge in [0.25, 0.3) is 0 Å². The van der Waals surface area contributed by atoms with Gasteiger partial charge in [-0.2, -0.15) is 0 Å². The van der Waals surface area contributed by atoms with Gasteiger partial charge in [-0.25, -0.2) is 0 Å². The van der Waals surface area contributed by atoms with E-state index < -0.39 is 7.26 Å². The molecule has 4 aromatic rings. The van der Waals surface area contributed by atoms with E-state index in [1.165, 1.54) is 37.9 Å². The van der Waals surface area contributed by atoms with Gasteiger partial charge in [0.15, 0.2) is 0 Å². The Kier molecular flexibility index (Phi) is 5.16. The maximum atomic E-state index is 2.34.